The lowest BCUT2D eigenvalue weighted by molar-refractivity contribution is -0.119. The minimum atomic E-state index is -0.155. The summed E-state index contributed by atoms with van der Waals surface area (Å²) >= 11 is 1.95. The molecule has 7 heteroatoms. The van der Waals surface area contributed by atoms with Crippen molar-refractivity contribution in [3.05, 3.63) is 12.4 Å². The number of amides is 1. The van der Waals surface area contributed by atoms with Gasteiger partial charge >= 0.3 is 0 Å². The first-order valence-electron chi connectivity index (χ1n) is 6.38. The highest BCUT2D eigenvalue weighted by molar-refractivity contribution is 7.99. The van der Waals surface area contributed by atoms with Gasteiger partial charge in [0.05, 0.1) is 13.1 Å². The van der Waals surface area contributed by atoms with E-state index in [1.807, 2.05) is 17.8 Å². The summed E-state index contributed by atoms with van der Waals surface area (Å²) in [4.78, 5) is 22.1. The zero-order valence-corrected chi connectivity index (χ0v) is 11.9. The van der Waals surface area contributed by atoms with Crippen molar-refractivity contribution in [2.24, 2.45) is 0 Å². The van der Waals surface area contributed by atoms with Gasteiger partial charge in [-0.15, -0.1) is 6.42 Å². The molecule has 1 saturated heterocycles. The molecule has 0 saturated carbocycles. The summed E-state index contributed by atoms with van der Waals surface area (Å²) < 4.78 is 0. The molecule has 1 aliphatic heterocycles. The van der Waals surface area contributed by atoms with Crippen molar-refractivity contribution in [1.29, 1.82) is 0 Å². The van der Waals surface area contributed by atoms with Gasteiger partial charge in [0.15, 0.2) is 0 Å². The number of rotatable bonds is 5. The SMILES string of the molecule is C#CCNC(=O)CNc1cc(N2CCSCC2)ncn1. The first-order valence-corrected chi connectivity index (χ1v) is 7.54. The number of carbonyl (C=O) groups excluding carboxylic acids is 1. The second-order valence-electron chi connectivity index (χ2n) is 4.20. The minimum absolute atomic E-state index is 0.147. The lowest BCUT2D eigenvalue weighted by Crippen LogP contribution is -2.33. The maximum atomic E-state index is 11.4. The van der Waals surface area contributed by atoms with E-state index in [0.29, 0.717) is 5.82 Å². The van der Waals surface area contributed by atoms with E-state index in [1.54, 1.807) is 0 Å². The fraction of sp³-hybridized carbons (Fsp3) is 0.462. The number of aromatic nitrogens is 2. The number of carbonyl (C=O) groups is 1. The van der Waals surface area contributed by atoms with Crippen LogP contribution in [0.1, 0.15) is 0 Å². The molecule has 0 unspecified atom stereocenters. The topological polar surface area (TPSA) is 70.2 Å². The Balaban J connectivity index is 1.89. The molecule has 1 aromatic heterocycles. The monoisotopic (exact) mass is 291 g/mol. The Bertz CT molecular complexity index is 496. The summed E-state index contributed by atoms with van der Waals surface area (Å²) in [6.45, 7) is 2.36. The second kappa shape index (κ2) is 7.60. The normalized spacial score (nSPS) is 14.4. The van der Waals surface area contributed by atoms with E-state index in [9.17, 15) is 4.79 Å². The van der Waals surface area contributed by atoms with E-state index >= 15 is 0 Å². The molecule has 1 fully saturated rings. The molecular weight excluding hydrogens is 274 g/mol. The molecule has 0 atom stereocenters. The molecule has 2 rings (SSSR count). The Kier molecular flexibility index (Phi) is 5.50. The third-order valence-electron chi connectivity index (χ3n) is 2.81. The molecule has 1 aliphatic rings. The number of hydrogen-bond acceptors (Lipinski definition) is 6. The van der Waals surface area contributed by atoms with Crippen LogP contribution in [0.3, 0.4) is 0 Å². The van der Waals surface area contributed by atoms with Gasteiger partial charge in [-0.25, -0.2) is 9.97 Å². The number of anilines is 2. The molecule has 1 amide bonds. The summed E-state index contributed by atoms with van der Waals surface area (Å²) in [5, 5.41) is 5.56. The quantitative estimate of drug-likeness (QED) is 0.755. The predicted molar refractivity (Wildman–Crippen MR) is 81.9 cm³/mol. The van der Waals surface area contributed by atoms with Crippen molar-refractivity contribution in [2.75, 3.05) is 47.9 Å². The van der Waals surface area contributed by atoms with Crippen LogP contribution in [0.5, 0.6) is 0 Å². The Morgan fingerprint density at radius 3 is 3.00 bits per heavy atom. The molecule has 2 heterocycles. The van der Waals surface area contributed by atoms with E-state index in [4.69, 9.17) is 6.42 Å². The van der Waals surface area contributed by atoms with Crippen LogP contribution in [0.4, 0.5) is 11.6 Å². The molecule has 0 aromatic carbocycles. The van der Waals surface area contributed by atoms with E-state index in [-0.39, 0.29) is 19.0 Å². The van der Waals surface area contributed by atoms with Crippen molar-refractivity contribution in [3.63, 3.8) is 0 Å². The van der Waals surface area contributed by atoms with Crippen LogP contribution in [0.25, 0.3) is 0 Å². The van der Waals surface area contributed by atoms with Gasteiger partial charge in [0, 0.05) is 30.7 Å². The first kappa shape index (κ1) is 14.5. The van der Waals surface area contributed by atoms with Crippen molar-refractivity contribution in [1.82, 2.24) is 15.3 Å². The van der Waals surface area contributed by atoms with Crippen LogP contribution in [0, 0.1) is 12.3 Å². The molecule has 106 valence electrons. The van der Waals surface area contributed by atoms with Crippen molar-refractivity contribution < 1.29 is 4.79 Å². The van der Waals surface area contributed by atoms with Gasteiger partial charge in [-0.05, 0) is 0 Å². The highest BCUT2D eigenvalue weighted by atomic mass is 32.2. The zero-order valence-electron chi connectivity index (χ0n) is 11.1. The predicted octanol–water partition coefficient (Wildman–Crippen LogP) is 0.191. The zero-order chi connectivity index (χ0) is 14.2. The summed E-state index contributed by atoms with van der Waals surface area (Å²) in [6.07, 6.45) is 6.59. The van der Waals surface area contributed by atoms with E-state index in [2.05, 4.69) is 31.4 Å². The van der Waals surface area contributed by atoms with Gasteiger partial charge in [-0.3, -0.25) is 4.79 Å². The standard InChI is InChI=1S/C13H17N5OS/c1-2-3-14-13(19)9-15-11-8-12(17-10-16-11)18-4-6-20-7-5-18/h1,8,10H,3-7,9H2,(H,14,19)(H,15,16,17). The smallest absolute Gasteiger partial charge is 0.240 e. The molecular formula is C13H17N5OS. The van der Waals surface area contributed by atoms with E-state index in [1.165, 1.54) is 6.33 Å². The minimum Gasteiger partial charge on any atom is -0.361 e. The summed E-state index contributed by atoms with van der Waals surface area (Å²) in [5.41, 5.74) is 0. The molecule has 6 nitrogen and oxygen atoms in total. The summed E-state index contributed by atoms with van der Waals surface area (Å²) in [5.74, 6) is 5.96. The first-order chi connectivity index (χ1) is 9.79. The third kappa shape index (κ3) is 4.31. The number of terminal acetylenes is 1. The number of hydrogen-bond donors (Lipinski definition) is 2. The molecule has 20 heavy (non-hydrogen) atoms. The van der Waals surface area contributed by atoms with Gasteiger partial charge < -0.3 is 15.5 Å². The van der Waals surface area contributed by atoms with E-state index < -0.39 is 0 Å². The van der Waals surface area contributed by atoms with Gasteiger partial charge in [0.2, 0.25) is 5.91 Å². The lowest BCUT2D eigenvalue weighted by atomic mass is 10.4. The van der Waals surface area contributed by atoms with Crippen molar-refractivity contribution in [3.8, 4) is 12.3 Å². The van der Waals surface area contributed by atoms with Gasteiger partial charge in [-0.2, -0.15) is 11.8 Å². The Morgan fingerprint density at radius 1 is 1.45 bits per heavy atom. The lowest BCUT2D eigenvalue weighted by Gasteiger charge is -2.27. The van der Waals surface area contributed by atoms with Crippen LogP contribution in [0.2, 0.25) is 0 Å². The fourth-order valence-corrected chi connectivity index (χ4v) is 2.70. The Labute approximate surface area is 122 Å². The molecule has 0 aliphatic carbocycles. The summed E-state index contributed by atoms with van der Waals surface area (Å²) in [6, 6.07) is 1.87. The maximum Gasteiger partial charge on any atom is 0.240 e. The number of thioether (sulfide) groups is 1. The maximum absolute atomic E-state index is 11.4. The van der Waals surface area contributed by atoms with Crippen LogP contribution >= 0.6 is 11.8 Å². The second-order valence-corrected chi connectivity index (χ2v) is 5.42. The van der Waals surface area contributed by atoms with Crippen molar-refractivity contribution >= 4 is 29.3 Å². The molecule has 0 spiro atoms. The molecule has 0 radical (unpaired) electrons. The fourth-order valence-electron chi connectivity index (χ4n) is 1.79. The molecule has 0 bridgehead atoms. The molecule has 1 aromatic rings. The van der Waals surface area contributed by atoms with Crippen LogP contribution in [-0.4, -0.2) is 53.6 Å². The van der Waals surface area contributed by atoms with Gasteiger partial charge in [0.1, 0.15) is 18.0 Å². The van der Waals surface area contributed by atoms with Crippen LogP contribution in [0.15, 0.2) is 12.4 Å². The highest BCUT2D eigenvalue weighted by Crippen LogP contribution is 2.18. The Morgan fingerprint density at radius 2 is 2.25 bits per heavy atom. The Hall–Kier alpha value is -1.94. The van der Waals surface area contributed by atoms with E-state index in [0.717, 1.165) is 30.4 Å². The number of nitrogens with one attached hydrogen (secondary N) is 2. The number of nitrogens with zero attached hydrogens (tertiary/aromatic N) is 3. The van der Waals surface area contributed by atoms with Crippen LogP contribution < -0.4 is 15.5 Å². The largest absolute Gasteiger partial charge is 0.361 e. The molecule has 2 N–H and O–H groups in total. The van der Waals surface area contributed by atoms with Gasteiger partial charge in [-0.1, -0.05) is 5.92 Å². The third-order valence-corrected chi connectivity index (χ3v) is 3.75. The average Bonchev–Trinajstić information content (AvgIpc) is 2.52. The van der Waals surface area contributed by atoms with Crippen molar-refractivity contribution in [2.45, 2.75) is 0 Å². The van der Waals surface area contributed by atoms with Crippen LogP contribution in [-0.2, 0) is 4.79 Å². The highest BCUT2D eigenvalue weighted by Gasteiger charge is 2.13. The van der Waals surface area contributed by atoms with Gasteiger partial charge in [0.25, 0.3) is 0 Å². The summed E-state index contributed by atoms with van der Waals surface area (Å²) in [7, 11) is 0. The average molecular weight is 291 g/mol.